The predicted molar refractivity (Wildman–Crippen MR) is 71.0 cm³/mol. The van der Waals surface area contributed by atoms with Gasteiger partial charge in [-0.15, -0.1) is 0 Å². The highest BCUT2D eigenvalue weighted by atomic mass is 15.1. The van der Waals surface area contributed by atoms with E-state index in [1.54, 1.807) is 0 Å². The Kier molecular flexibility index (Phi) is 3.50. The zero-order valence-corrected chi connectivity index (χ0v) is 10.9. The molecule has 1 aromatic heterocycles. The summed E-state index contributed by atoms with van der Waals surface area (Å²) in [6.45, 7) is 6.39. The molecule has 2 rings (SSSR count). The van der Waals surface area contributed by atoms with Crippen molar-refractivity contribution in [3.05, 3.63) is 11.9 Å². The van der Waals surface area contributed by atoms with Crippen LogP contribution >= 0.6 is 0 Å². The molecule has 17 heavy (non-hydrogen) atoms. The Balaban J connectivity index is 2.01. The number of rotatable bonds is 5. The Hall–Kier alpha value is -1.32. The summed E-state index contributed by atoms with van der Waals surface area (Å²) in [5, 5.41) is 3.46. The van der Waals surface area contributed by atoms with Crippen molar-refractivity contribution in [2.75, 3.05) is 11.1 Å². The normalized spacial score (nSPS) is 22.8. The second-order valence-corrected chi connectivity index (χ2v) is 5.23. The third-order valence-corrected chi connectivity index (χ3v) is 3.19. The number of hydrogen-bond donors (Lipinski definition) is 2. The average molecular weight is 234 g/mol. The van der Waals surface area contributed by atoms with Crippen LogP contribution in [0, 0.1) is 5.92 Å². The van der Waals surface area contributed by atoms with Gasteiger partial charge in [-0.3, -0.25) is 0 Å². The molecule has 0 aromatic carbocycles. The fraction of sp³-hybridized carbons (Fsp3) is 0.692. The second-order valence-electron chi connectivity index (χ2n) is 5.23. The first-order valence-corrected chi connectivity index (χ1v) is 6.51. The van der Waals surface area contributed by atoms with Crippen LogP contribution in [0.15, 0.2) is 6.07 Å². The molecule has 94 valence electrons. The fourth-order valence-corrected chi connectivity index (χ4v) is 2.12. The third kappa shape index (κ3) is 3.08. The molecule has 2 atom stereocenters. The first-order valence-electron chi connectivity index (χ1n) is 6.51. The van der Waals surface area contributed by atoms with Crippen molar-refractivity contribution in [1.82, 2.24) is 9.97 Å². The average Bonchev–Trinajstić information content (AvgIpc) is 2.96. The van der Waals surface area contributed by atoms with Gasteiger partial charge in [-0.05, 0) is 18.8 Å². The molecule has 4 heteroatoms. The molecule has 0 radical (unpaired) electrons. The highest BCUT2D eigenvalue weighted by Gasteiger charge is 2.36. The fourth-order valence-electron chi connectivity index (χ4n) is 2.12. The summed E-state index contributed by atoms with van der Waals surface area (Å²) in [5.41, 5.74) is 5.80. The van der Waals surface area contributed by atoms with E-state index in [9.17, 15) is 0 Å². The topological polar surface area (TPSA) is 63.8 Å². The van der Waals surface area contributed by atoms with Crippen LogP contribution in [-0.4, -0.2) is 16.0 Å². The van der Waals surface area contributed by atoms with Gasteiger partial charge in [0.05, 0.1) is 0 Å². The zero-order chi connectivity index (χ0) is 12.4. The van der Waals surface area contributed by atoms with Crippen molar-refractivity contribution in [2.24, 2.45) is 5.92 Å². The molecule has 2 unspecified atom stereocenters. The molecule has 0 bridgehead atoms. The minimum absolute atomic E-state index is 0.310. The van der Waals surface area contributed by atoms with Gasteiger partial charge in [0.1, 0.15) is 17.5 Å². The number of nitrogens with one attached hydrogen (secondary N) is 1. The maximum absolute atomic E-state index is 5.80. The Morgan fingerprint density at radius 3 is 2.88 bits per heavy atom. The molecular weight excluding hydrogens is 212 g/mol. The standard InChI is InChI=1S/C13H22N4/c1-4-5-9-6-10(9)15-12-7-11(14)16-13(17-12)8(2)3/h7-10H,4-6H2,1-3H3,(H3,14,15,16,17). The highest BCUT2D eigenvalue weighted by molar-refractivity contribution is 5.46. The summed E-state index contributed by atoms with van der Waals surface area (Å²) in [6.07, 6.45) is 3.82. The van der Waals surface area contributed by atoms with Gasteiger partial charge >= 0.3 is 0 Å². The molecule has 0 aliphatic heterocycles. The lowest BCUT2D eigenvalue weighted by atomic mass is 10.2. The number of nitrogens with two attached hydrogens (primary N) is 1. The lowest BCUT2D eigenvalue weighted by Gasteiger charge is -2.09. The van der Waals surface area contributed by atoms with Crippen LogP contribution in [0.25, 0.3) is 0 Å². The maximum atomic E-state index is 5.80. The Labute approximate surface area is 103 Å². The number of nitrogen functional groups attached to an aromatic ring is 1. The monoisotopic (exact) mass is 234 g/mol. The molecule has 4 nitrogen and oxygen atoms in total. The van der Waals surface area contributed by atoms with Gasteiger partial charge in [-0.2, -0.15) is 0 Å². The highest BCUT2D eigenvalue weighted by Crippen LogP contribution is 2.37. The maximum Gasteiger partial charge on any atom is 0.135 e. The molecule has 0 amide bonds. The molecular formula is C13H22N4. The summed E-state index contributed by atoms with van der Waals surface area (Å²) in [7, 11) is 0. The molecule has 1 aliphatic rings. The van der Waals surface area contributed by atoms with E-state index in [1.165, 1.54) is 19.3 Å². The van der Waals surface area contributed by atoms with Crippen molar-refractivity contribution in [2.45, 2.75) is 52.0 Å². The van der Waals surface area contributed by atoms with E-state index >= 15 is 0 Å². The van der Waals surface area contributed by atoms with E-state index in [0.29, 0.717) is 17.8 Å². The number of aromatic nitrogens is 2. The van der Waals surface area contributed by atoms with Crippen molar-refractivity contribution in [3.63, 3.8) is 0 Å². The van der Waals surface area contributed by atoms with Crippen LogP contribution in [0.1, 0.15) is 51.8 Å². The molecule has 1 aliphatic carbocycles. The summed E-state index contributed by atoms with van der Waals surface area (Å²) in [5.74, 6) is 3.38. The van der Waals surface area contributed by atoms with Gasteiger partial charge in [0, 0.05) is 18.0 Å². The minimum atomic E-state index is 0.310. The first kappa shape index (κ1) is 12.1. The van der Waals surface area contributed by atoms with Gasteiger partial charge in [-0.1, -0.05) is 27.2 Å². The number of nitrogens with zero attached hydrogens (tertiary/aromatic N) is 2. The molecule has 1 saturated carbocycles. The van der Waals surface area contributed by atoms with Gasteiger partial charge in [0.2, 0.25) is 0 Å². The van der Waals surface area contributed by atoms with Crippen LogP contribution in [0.5, 0.6) is 0 Å². The lowest BCUT2D eigenvalue weighted by Crippen LogP contribution is -2.10. The van der Waals surface area contributed by atoms with Crippen molar-refractivity contribution >= 4 is 11.6 Å². The SMILES string of the molecule is CCCC1CC1Nc1cc(N)nc(C(C)C)n1. The van der Waals surface area contributed by atoms with E-state index in [2.05, 4.69) is 36.1 Å². The number of anilines is 2. The van der Waals surface area contributed by atoms with Crippen LogP contribution < -0.4 is 11.1 Å². The van der Waals surface area contributed by atoms with Crippen LogP contribution in [0.4, 0.5) is 11.6 Å². The van der Waals surface area contributed by atoms with Crippen LogP contribution in [-0.2, 0) is 0 Å². The smallest absolute Gasteiger partial charge is 0.135 e. The largest absolute Gasteiger partial charge is 0.384 e. The van der Waals surface area contributed by atoms with Crippen molar-refractivity contribution in [1.29, 1.82) is 0 Å². The Morgan fingerprint density at radius 2 is 2.24 bits per heavy atom. The molecule has 0 saturated heterocycles. The quantitative estimate of drug-likeness (QED) is 0.822. The molecule has 3 N–H and O–H groups in total. The molecule has 1 aromatic rings. The third-order valence-electron chi connectivity index (χ3n) is 3.19. The van der Waals surface area contributed by atoms with Crippen LogP contribution in [0.2, 0.25) is 0 Å². The summed E-state index contributed by atoms with van der Waals surface area (Å²) in [4.78, 5) is 8.75. The van der Waals surface area contributed by atoms with Crippen molar-refractivity contribution < 1.29 is 0 Å². The Morgan fingerprint density at radius 1 is 1.47 bits per heavy atom. The molecule has 1 fully saturated rings. The van der Waals surface area contributed by atoms with Crippen molar-refractivity contribution in [3.8, 4) is 0 Å². The van der Waals surface area contributed by atoms with E-state index in [0.717, 1.165) is 17.6 Å². The predicted octanol–water partition coefficient (Wildman–Crippen LogP) is 2.78. The van der Waals surface area contributed by atoms with Gasteiger partial charge < -0.3 is 11.1 Å². The van der Waals surface area contributed by atoms with E-state index in [4.69, 9.17) is 5.73 Å². The number of hydrogen-bond acceptors (Lipinski definition) is 4. The van der Waals surface area contributed by atoms with Gasteiger partial charge in [0.15, 0.2) is 0 Å². The minimum Gasteiger partial charge on any atom is -0.384 e. The van der Waals surface area contributed by atoms with E-state index in [-0.39, 0.29) is 0 Å². The van der Waals surface area contributed by atoms with E-state index in [1.807, 2.05) is 6.07 Å². The lowest BCUT2D eigenvalue weighted by molar-refractivity contribution is 0.691. The van der Waals surface area contributed by atoms with Crippen LogP contribution in [0.3, 0.4) is 0 Å². The first-order chi connectivity index (χ1) is 8.10. The van der Waals surface area contributed by atoms with Gasteiger partial charge in [0.25, 0.3) is 0 Å². The summed E-state index contributed by atoms with van der Waals surface area (Å²) < 4.78 is 0. The summed E-state index contributed by atoms with van der Waals surface area (Å²) >= 11 is 0. The zero-order valence-electron chi connectivity index (χ0n) is 10.9. The molecule has 0 spiro atoms. The summed E-state index contributed by atoms with van der Waals surface area (Å²) in [6, 6.07) is 2.41. The van der Waals surface area contributed by atoms with Gasteiger partial charge in [-0.25, -0.2) is 9.97 Å². The Bertz CT molecular complexity index is 389. The molecule has 1 heterocycles. The van der Waals surface area contributed by atoms with E-state index < -0.39 is 0 Å². The second kappa shape index (κ2) is 4.90.